The minimum Gasteiger partial charge on any atom is -0.381 e. The van der Waals surface area contributed by atoms with Gasteiger partial charge in [-0.25, -0.2) is 9.67 Å². The lowest BCUT2D eigenvalue weighted by Crippen LogP contribution is -2.20. The summed E-state index contributed by atoms with van der Waals surface area (Å²) in [5.41, 5.74) is 7.49. The van der Waals surface area contributed by atoms with E-state index in [4.69, 9.17) is 5.73 Å². The smallest absolute Gasteiger partial charge is 0.252 e. The Labute approximate surface area is 117 Å². The van der Waals surface area contributed by atoms with Crippen LogP contribution in [0.1, 0.15) is 43.0 Å². The Hall–Kier alpha value is -2.11. The lowest BCUT2D eigenvalue weighted by Gasteiger charge is -2.16. The van der Waals surface area contributed by atoms with E-state index in [-0.39, 0.29) is 0 Å². The Morgan fingerprint density at radius 1 is 1.45 bits per heavy atom. The maximum Gasteiger partial charge on any atom is 0.252 e. The third-order valence-corrected chi connectivity index (χ3v) is 3.93. The van der Waals surface area contributed by atoms with Gasteiger partial charge in [-0.1, -0.05) is 12.8 Å². The summed E-state index contributed by atoms with van der Waals surface area (Å²) in [6.45, 7) is 2.76. The van der Waals surface area contributed by atoms with Crippen LogP contribution in [0.2, 0.25) is 0 Å². The van der Waals surface area contributed by atoms with Crippen LogP contribution in [0.25, 0.3) is 11.0 Å². The molecular formula is C14H19N5O. The molecule has 0 unspecified atom stereocenters. The van der Waals surface area contributed by atoms with E-state index in [0.717, 1.165) is 36.1 Å². The third kappa shape index (κ3) is 2.11. The van der Waals surface area contributed by atoms with Crippen LogP contribution in [0.15, 0.2) is 12.4 Å². The fourth-order valence-corrected chi connectivity index (χ4v) is 2.87. The summed E-state index contributed by atoms with van der Waals surface area (Å²) in [6, 6.07) is 0.406. The SMILES string of the molecule is CCn1ncc2c(NC3CCCC3)c(C(N)=O)cnc21. The summed E-state index contributed by atoms with van der Waals surface area (Å²) in [7, 11) is 0. The molecule has 0 saturated heterocycles. The van der Waals surface area contributed by atoms with Crippen molar-refractivity contribution in [2.24, 2.45) is 5.73 Å². The molecule has 1 saturated carbocycles. The Balaban J connectivity index is 2.10. The molecule has 2 aromatic heterocycles. The van der Waals surface area contributed by atoms with Crippen molar-refractivity contribution in [2.75, 3.05) is 5.32 Å². The van der Waals surface area contributed by atoms with E-state index in [1.165, 1.54) is 12.8 Å². The number of nitrogens with two attached hydrogens (primary N) is 1. The Morgan fingerprint density at radius 3 is 2.85 bits per heavy atom. The van der Waals surface area contributed by atoms with E-state index in [0.29, 0.717) is 11.6 Å². The zero-order valence-corrected chi connectivity index (χ0v) is 11.6. The van der Waals surface area contributed by atoms with E-state index in [1.807, 2.05) is 11.6 Å². The van der Waals surface area contributed by atoms with Gasteiger partial charge in [-0.15, -0.1) is 0 Å². The molecule has 106 valence electrons. The highest BCUT2D eigenvalue weighted by atomic mass is 16.1. The van der Waals surface area contributed by atoms with Crippen molar-refractivity contribution in [3.63, 3.8) is 0 Å². The lowest BCUT2D eigenvalue weighted by molar-refractivity contribution is 0.100. The molecule has 0 aliphatic heterocycles. The van der Waals surface area contributed by atoms with Gasteiger partial charge >= 0.3 is 0 Å². The highest BCUT2D eigenvalue weighted by Gasteiger charge is 2.21. The highest BCUT2D eigenvalue weighted by Crippen LogP contribution is 2.29. The summed E-state index contributed by atoms with van der Waals surface area (Å²) >= 11 is 0. The number of aromatic nitrogens is 3. The number of aryl methyl sites for hydroxylation is 1. The third-order valence-electron chi connectivity index (χ3n) is 3.93. The fourth-order valence-electron chi connectivity index (χ4n) is 2.87. The molecule has 2 heterocycles. The molecular weight excluding hydrogens is 254 g/mol. The van der Waals surface area contributed by atoms with Crippen molar-refractivity contribution in [1.29, 1.82) is 0 Å². The first-order valence-corrected chi connectivity index (χ1v) is 7.11. The van der Waals surface area contributed by atoms with Crippen LogP contribution < -0.4 is 11.1 Å². The zero-order chi connectivity index (χ0) is 14.1. The molecule has 1 aliphatic rings. The fraction of sp³-hybridized carbons (Fsp3) is 0.500. The number of rotatable bonds is 4. The van der Waals surface area contributed by atoms with Gasteiger partial charge in [0.05, 0.1) is 22.8 Å². The Morgan fingerprint density at radius 2 is 2.20 bits per heavy atom. The number of anilines is 1. The largest absolute Gasteiger partial charge is 0.381 e. The van der Waals surface area contributed by atoms with E-state index < -0.39 is 5.91 Å². The van der Waals surface area contributed by atoms with Gasteiger partial charge in [0.15, 0.2) is 5.65 Å². The predicted molar refractivity (Wildman–Crippen MR) is 77.6 cm³/mol. The van der Waals surface area contributed by atoms with Crippen LogP contribution in [-0.2, 0) is 6.54 Å². The number of hydrogen-bond donors (Lipinski definition) is 2. The molecule has 0 atom stereocenters. The van der Waals surface area contributed by atoms with Crippen molar-refractivity contribution in [1.82, 2.24) is 14.8 Å². The number of amides is 1. The second-order valence-corrected chi connectivity index (χ2v) is 5.23. The lowest BCUT2D eigenvalue weighted by atomic mass is 10.1. The first kappa shape index (κ1) is 12.9. The normalized spacial score (nSPS) is 15.8. The van der Waals surface area contributed by atoms with E-state index in [9.17, 15) is 4.79 Å². The maximum absolute atomic E-state index is 11.6. The Bertz CT molecular complexity index is 642. The number of hydrogen-bond acceptors (Lipinski definition) is 4. The van der Waals surface area contributed by atoms with Gasteiger partial charge < -0.3 is 11.1 Å². The Kier molecular flexibility index (Phi) is 3.30. The molecule has 0 spiro atoms. The van der Waals surface area contributed by atoms with Crippen LogP contribution in [0.5, 0.6) is 0 Å². The van der Waals surface area contributed by atoms with Crippen molar-refractivity contribution < 1.29 is 4.79 Å². The molecule has 0 radical (unpaired) electrons. The molecule has 1 amide bonds. The standard InChI is InChI=1S/C14H19N5O/c1-2-19-14-11(8-17-19)12(10(7-16-14)13(15)20)18-9-5-3-4-6-9/h7-9H,2-6H2,1H3,(H2,15,20)(H,16,18). The molecule has 0 bridgehead atoms. The second-order valence-electron chi connectivity index (χ2n) is 5.23. The molecule has 1 fully saturated rings. The first-order chi connectivity index (χ1) is 9.70. The van der Waals surface area contributed by atoms with Gasteiger partial charge in [0.2, 0.25) is 0 Å². The minimum absolute atomic E-state index is 0.406. The van der Waals surface area contributed by atoms with Crippen molar-refractivity contribution in [3.8, 4) is 0 Å². The number of pyridine rings is 1. The number of nitrogens with one attached hydrogen (secondary N) is 1. The molecule has 0 aromatic carbocycles. The zero-order valence-electron chi connectivity index (χ0n) is 11.6. The summed E-state index contributed by atoms with van der Waals surface area (Å²) in [5.74, 6) is -0.454. The molecule has 2 aromatic rings. The second kappa shape index (κ2) is 5.11. The summed E-state index contributed by atoms with van der Waals surface area (Å²) in [6.07, 6.45) is 8.03. The number of carbonyl (C=O) groups excluding carboxylic acids is 1. The van der Waals surface area contributed by atoms with Crippen LogP contribution >= 0.6 is 0 Å². The quantitative estimate of drug-likeness (QED) is 0.891. The maximum atomic E-state index is 11.6. The van der Waals surface area contributed by atoms with Gasteiger partial charge in [0, 0.05) is 18.8 Å². The van der Waals surface area contributed by atoms with E-state index >= 15 is 0 Å². The molecule has 3 N–H and O–H groups in total. The first-order valence-electron chi connectivity index (χ1n) is 7.11. The number of carbonyl (C=O) groups is 1. The van der Waals surface area contributed by atoms with Crippen LogP contribution in [0.4, 0.5) is 5.69 Å². The van der Waals surface area contributed by atoms with Crippen molar-refractivity contribution in [2.45, 2.75) is 45.2 Å². The number of primary amides is 1. The summed E-state index contributed by atoms with van der Waals surface area (Å²) in [5, 5.41) is 8.66. The minimum atomic E-state index is -0.454. The topological polar surface area (TPSA) is 85.8 Å². The average Bonchev–Trinajstić information content (AvgIpc) is 3.07. The van der Waals surface area contributed by atoms with Crippen LogP contribution in [-0.4, -0.2) is 26.7 Å². The van der Waals surface area contributed by atoms with Crippen LogP contribution in [0.3, 0.4) is 0 Å². The molecule has 6 nitrogen and oxygen atoms in total. The molecule has 1 aliphatic carbocycles. The highest BCUT2D eigenvalue weighted by molar-refractivity contribution is 6.05. The van der Waals surface area contributed by atoms with Gasteiger partial charge in [0.25, 0.3) is 5.91 Å². The van der Waals surface area contributed by atoms with Crippen molar-refractivity contribution in [3.05, 3.63) is 18.0 Å². The average molecular weight is 273 g/mol. The van der Waals surface area contributed by atoms with Crippen molar-refractivity contribution >= 4 is 22.6 Å². The summed E-state index contributed by atoms with van der Waals surface area (Å²) in [4.78, 5) is 16.0. The van der Waals surface area contributed by atoms with Gasteiger partial charge in [0.1, 0.15) is 0 Å². The van der Waals surface area contributed by atoms with E-state index in [1.54, 1.807) is 12.4 Å². The predicted octanol–water partition coefficient (Wildman–Crippen LogP) is 1.90. The van der Waals surface area contributed by atoms with Gasteiger partial charge in [-0.3, -0.25) is 4.79 Å². The monoisotopic (exact) mass is 273 g/mol. The summed E-state index contributed by atoms with van der Waals surface area (Å²) < 4.78 is 1.82. The number of fused-ring (bicyclic) bond motifs is 1. The molecule has 6 heteroatoms. The van der Waals surface area contributed by atoms with Gasteiger partial charge in [-0.2, -0.15) is 5.10 Å². The van der Waals surface area contributed by atoms with Gasteiger partial charge in [-0.05, 0) is 19.8 Å². The number of nitrogens with zero attached hydrogens (tertiary/aromatic N) is 3. The van der Waals surface area contributed by atoms with Crippen LogP contribution in [0, 0.1) is 0 Å². The molecule has 3 rings (SSSR count). The van der Waals surface area contributed by atoms with E-state index in [2.05, 4.69) is 15.4 Å². The molecule has 20 heavy (non-hydrogen) atoms.